The van der Waals surface area contributed by atoms with Gasteiger partial charge >= 0.3 is 0 Å². The Morgan fingerprint density at radius 3 is 2.26 bits per heavy atom. The summed E-state index contributed by atoms with van der Waals surface area (Å²) >= 11 is 11.8. The third-order valence-corrected chi connectivity index (χ3v) is 4.98. The van der Waals surface area contributed by atoms with E-state index in [9.17, 15) is 0 Å². The van der Waals surface area contributed by atoms with Crippen molar-refractivity contribution in [2.75, 3.05) is 14.2 Å². The second-order valence-electron chi connectivity index (χ2n) is 4.10. The molecule has 0 spiro atoms. The third-order valence-electron chi connectivity index (χ3n) is 2.94. The van der Waals surface area contributed by atoms with Gasteiger partial charge in [-0.05, 0) is 46.5 Å². The number of ether oxygens (including phenoxy) is 2. The normalized spacial score (nSPS) is 12.3. The van der Waals surface area contributed by atoms with Crippen molar-refractivity contribution in [1.82, 2.24) is 0 Å². The van der Waals surface area contributed by atoms with Gasteiger partial charge in [-0.3, -0.25) is 0 Å². The monoisotopic (exact) mass is 360 g/mol. The smallest absolute Gasteiger partial charge is 0.161 e. The average molecular weight is 362 g/mol. The van der Waals surface area contributed by atoms with E-state index in [0.717, 1.165) is 15.6 Å². The van der Waals surface area contributed by atoms with Gasteiger partial charge in [0.15, 0.2) is 11.5 Å². The zero-order chi connectivity index (χ0) is 14.0. The number of alkyl halides is 1. The lowest BCUT2D eigenvalue weighted by atomic mass is 10.0. The third kappa shape index (κ3) is 2.91. The quantitative estimate of drug-likeness (QED) is 0.700. The molecule has 1 unspecified atom stereocenters. The fourth-order valence-corrected chi connectivity index (χ4v) is 3.91. The topological polar surface area (TPSA) is 18.5 Å². The maximum absolute atomic E-state index is 6.59. The molecule has 1 atom stereocenters. The van der Waals surface area contributed by atoms with Crippen LogP contribution in [0.5, 0.6) is 11.5 Å². The van der Waals surface area contributed by atoms with E-state index in [-0.39, 0.29) is 5.38 Å². The molecule has 0 saturated carbocycles. The average Bonchev–Trinajstić information content (AvgIpc) is 2.83. The van der Waals surface area contributed by atoms with E-state index in [1.165, 1.54) is 5.56 Å². The van der Waals surface area contributed by atoms with Gasteiger partial charge in [-0.1, -0.05) is 15.9 Å². The lowest BCUT2D eigenvalue weighted by Crippen LogP contribution is -1.98. The molecule has 0 aliphatic heterocycles. The van der Waals surface area contributed by atoms with Gasteiger partial charge in [-0.15, -0.1) is 11.6 Å². The van der Waals surface area contributed by atoms with Gasteiger partial charge < -0.3 is 9.47 Å². The molecule has 0 fully saturated rings. The number of benzene rings is 1. The number of halogens is 2. The van der Waals surface area contributed by atoms with Crippen molar-refractivity contribution in [2.24, 2.45) is 0 Å². The van der Waals surface area contributed by atoms with Crippen LogP contribution in [0.1, 0.15) is 22.1 Å². The molecule has 0 N–H and O–H groups in total. The van der Waals surface area contributed by atoms with E-state index < -0.39 is 0 Å². The molecule has 0 bridgehead atoms. The van der Waals surface area contributed by atoms with Crippen molar-refractivity contribution in [3.8, 4) is 11.5 Å². The summed E-state index contributed by atoms with van der Waals surface area (Å²) < 4.78 is 11.5. The second-order valence-corrected chi connectivity index (χ2v) is 6.14. The van der Waals surface area contributed by atoms with Gasteiger partial charge in [0.1, 0.15) is 0 Å². The first-order chi connectivity index (χ1) is 9.08. The largest absolute Gasteiger partial charge is 0.493 e. The summed E-state index contributed by atoms with van der Waals surface area (Å²) in [6, 6.07) is 3.79. The summed E-state index contributed by atoms with van der Waals surface area (Å²) in [6.07, 6.45) is 0. The Hall–Kier alpha value is -0.710. The zero-order valence-electron chi connectivity index (χ0n) is 10.9. The number of aryl methyl sites for hydroxylation is 1. The van der Waals surface area contributed by atoms with Crippen molar-refractivity contribution in [3.05, 3.63) is 44.1 Å². The first kappa shape index (κ1) is 14.7. The molecule has 5 heteroatoms. The Morgan fingerprint density at radius 2 is 1.74 bits per heavy atom. The summed E-state index contributed by atoms with van der Waals surface area (Å²) in [5.41, 5.74) is 3.30. The number of hydrogen-bond donors (Lipinski definition) is 0. The van der Waals surface area contributed by atoms with Crippen molar-refractivity contribution in [3.63, 3.8) is 0 Å². The predicted molar refractivity (Wildman–Crippen MR) is 84.0 cm³/mol. The van der Waals surface area contributed by atoms with Crippen molar-refractivity contribution in [2.45, 2.75) is 12.3 Å². The standard InChI is InChI=1S/C14H14BrClO2S/c1-8-6-19-7-10(8)14(16)9-4-12(17-2)13(18-3)5-11(9)15/h4-7,14H,1-3H3. The lowest BCUT2D eigenvalue weighted by molar-refractivity contribution is 0.354. The van der Waals surface area contributed by atoms with Crippen molar-refractivity contribution in [1.29, 1.82) is 0 Å². The highest BCUT2D eigenvalue weighted by molar-refractivity contribution is 9.10. The van der Waals surface area contributed by atoms with Crippen LogP contribution in [-0.4, -0.2) is 14.2 Å². The number of methoxy groups -OCH3 is 2. The number of thiophene rings is 1. The fraction of sp³-hybridized carbons (Fsp3) is 0.286. The molecule has 0 aliphatic rings. The molecule has 2 aromatic rings. The Bertz CT molecular complexity index is 583. The van der Waals surface area contributed by atoms with Gasteiger partial charge in [0.2, 0.25) is 0 Å². The minimum absolute atomic E-state index is 0.208. The number of hydrogen-bond acceptors (Lipinski definition) is 3. The van der Waals surface area contributed by atoms with Gasteiger partial charge in [-0.2, -0.15) is 11.3 Å². The minimum Gasteiger partial charge on any atom is -0.493 e. The van der Waals surface area contributed by atoms with Gasteiger partial charge in [0.05, 0.1) is 19.6 Å². The van der Waals surface area contributed by atoms with Crippen LogP contribution in [0.4, 0.5) is 0 Å². The molecular formula is C14H14BrClO2S. The summed E-state index contributed by atoms with van der Waals surface area (Å²) in [5.74, 6) is 1.36. The molecule has 0 saturated heterocycles. The summed E-state index contributed by atoms with van der Waals surface area (Å²) in [7, 11) is 3.24. The van der Waals surface area contributed by atoms with E-state index in [4.69, 9.17) is 21.1 Å². The second kappa shape index (κ2) is 6.16. The van der Waals surface area contributed by atoms with Crippen LogP contribution in [-0.2, 0) is 0 Å². The highest BCUT2D eigenvalue weighted by atomic mass is 79.9. The fourth-order valence-electron chi connectivity index (χ4n) is 1.86. The zero-order valence-corrected chi connectivity index (χ0v) is 14.0. The van der Waals surface area contributed by atoms with Crippen molar-refractivity contribution < 1.29 is 9.47 Å². The van der Waals surface area contributed by atoms with Crippen LogP contribution in [0, 0.1) is 6.92 Å². The molecule has 0 amide bonds. The van der Waals surface area contributed by atoms with Crippen LogP contribution >= 0.6 is 38.9 Å². The molecule has 2 nitrogen and oxygen atoms in total. The SMILES string of the molecule is COc1cc(Br)c(C(Cl)c2cscc2C)cc1OC. The molecule has 0 radical (unpaired) electrons. The lowest BCUT2D eigenvalue weighted by Gasteiger charge is -2.16. The Labute approximate surface area is 130 Å². The first-order valence-corrected chi connectivity index (χ1v) is 7.83. The van der Waals surface area contributed by atoms with Gasteiger partial charge in [0, 0.05) is 4.47 Å². The van der Waals surface area contributed by atoms with Crippen LogP contribution in [0.25, 0.3) is 0 Å². The molecule has 1 aromatic carbocycles. The van der Waals surface area contributed by atoms with E-state index in [2.05, 4.69) is 33.6 Å². The molecule has 19 heavy (non-hydrogen) atoms. The highest BCUT2D eigenvalue weighted by Crippen LogP contribution is 2.41. The van der Waals surface area contributed by atoms with Gasteiger partial charge in [-0.25, -0.2) is 0 Å². The van der Waals surface area contributed by atoms with Crippen LogP contribution in [0.15, 0.2) is 27.4 Å². The maximum Gasteiger partial charge on any atom is 0.161 e. The molecule has 1 heterocycles. The predicted octanol–water partition coefficient (Wildman–Crippen LogP) is 5.16. The summed E-state index contributed by atoms with van der Waals surface area (Å²) in [4.78, 5) is 0. The molecule has 2 rings (SSSR count). The maximum atomic E-state index is 6.59. The Balaban J connectivity index is 2.48. The Morgan fingerprint density at radius 1 is 1.11 bits per heavy atom. The first-order valence-electron chi connectivity index (χ1n) is 5.66. The molecule has 1 aromatic heterocycles. The number of rotatable bonds is 4. The van der Waals surface area contributed by atoms with E-state index in [1.54, 1.807) is 25.6 Å². The van der Waals surface area contributed by atoms with Crippen LogP contribution in [0.2, 0.25) is 0 Å². The highest BCUT2D eigenvalue weighted by Gasteiger charge is 2.19. The summed E-state index contributed by atoms with van der Waals surface area (Å²) in [6.45, 7) is 2.07. The molecule has 102 valence electrons. The molecular weight excluding hydrogens is 348 g/mol. The summed E-state index contributed by atoms with van der Waals surface area (Å²) in [5, 5.41) is 3.97. The van der Waals surface area contributed by atoms with Crippen molar-refractivity contribution >= 4 is 38.9 Å². The Kier molecular flexibility index (Phi) is 4.76. The minimum atomic E-state index is -0.208. The van der Waals surface area contributed by atoms with E-state index >= 15 is 0 Å². The van der Waals surface area contributed by atoms with E-state index in [1.807, 2.05) is 12.1 Å². The molecule has 0 aliphatic carbocycles. The van der Waals surface area contributed by atoms with Gasteiger partial charge in [0.25, 0.3) is 0 Å². The van der Waals surface area contributed by atoms with Crippen LogP contribution in [0.3, 0.4) is 0 Å². The van der Waals surface area contributed by atoms with Crippen LogP contribution < -0.4 is 9.47 Å². The van der Waals surface area contributed by atoms with E-state index in [0.29, 0.717) is 11.5 Å².